The highest BCUT2D eigenvalue weighted by atomic mass is 35.5. The van der Waals surface area contributed by atoms with Crippen LogP contribution in [0, 0.1) is 0 Å². The van der Waals surface area contributed by atoms with Gasteiger partial charge in [-0.3, -0.25) is 4.79 Å². The van der Waals surface area contributed by atoms with Gasteiger partial charge in [0, 0.05) is 24.8 Å². The lowest BCUT2D eigenvalue weighted by Gasteiger charge is -2.12. The molecular formula is C18H16Cl2N2O3. The summed E-state index contributed by atoms with van der Waals surface area (Å²) in [6.07, 6.45) is 1.38. The summed E-state index contributed by atoms with van der Waals surface area (Å²) in [5.74, 6) is -1.88. The van der Waals surface area contributed by atoms with Crippen molar-refractivity contribution in [2.24, 2.45) is 0 Å². The zero-order valence-corrected chi connectivity index (χ0v) is 15.1. The number of carbonyl (C=O) groups excluding carboxylic acids is 1. The van der Waals surface area contributed by atoms with Crippen molar-refractivity contribution in [2.75, 3.05) is 19.0 Å². The number of carboxylic acid groups (broad SMARTS) is 1. The number of anilines is 1. The van der Waals surface area contributed by atoms with Gasteiger partial charge in [0.25, 0.3) is 5.91 Å². The first-order valence-corrected chi connectivity index (χ1v) is 8.02. The molecule has 130 valence electrons. The average Bonchev–Trinajstić information content (AvgIpc) is 2.54. The number of rotatable bonds is 5. The lowest BCUT2D eigenvalue weighted by Crippen LogP contribution is -2.27. The Morgan fingerprint density at radius 1 is 1.08 bits per heavy atom. The van der Waals surface area contributed by atoms with Gasteiger partial charge in [0.15, 0.2) is 0 Å². The van der Waals surface area contributed by atoms with E-state index in [-0.39, 0.29) is 16.3 Å². The Morgan fingerprint density at radius 2 is 1.72 bits per heavy atom. The van der Waals surface area contributed by atoms with Crippen LogP contribution in [0.2, 0.25) is 10.0 Å². The second kappa shape index (κ2) is 8.05. The van der Waals surface area contributed by atoms with Gasteiger partial charge in [-0.15, -0.1) is 0 Å². The number of nitrogens with zero attached hydrogens (tertiary/aromatic N) is 1. The molecule has 0 aliphatic carbocycles. The molecule has 0 unspecified atom stereocenters. The fraction of sp³-hybridized carbons (Fsp3) is 0.111. The quantitative estimate of drug-likeness (QED) is 0.773. The molecule has 0 atom stereocenters. The van der Waals surface area contributed by atoms with Crippen LogP contribution < -0.4 is 10.2 Å². The second-order valence-corrected chi connectivity index (χ2v) is 6.27. The third-order valence-electron chi connectivity index (χ3n) is 3.37. The normalized spacial score (nSPS) is 11.1. The number of amides is 1. The zero-order chi connectivity index (χ0) is 18.6. The minimum Gasteiger partial charge on any atom is -0.477 e. The van der Waals surface area contributed by atoms with Crippen molar-refractivity contribution in [3.05, 3.63) is 69.3 Å². The van der Waals surface area contributed by atoms with E-state index < -0.39 is 11.9 Å². The molecule has 2 rings (SSSR count). The van der Waals surface area contributed by atoms with Crippen LogP contribution in [0.5, 0.6) is 0 Å². The molecule has 25 heavy (non-hydrogen) atoms. The van der Waals surface area contributed by atoms with Gasteiger partial charge in [0.05, 0.1) is 10.6 Å². The maximum absolute atomic E-state index is 12.3. The van der Waals surface area contributed by atoms with Crippen molar-refractivity contribution < 1.29 is 14.7 Å². The standard InChI is InChI=1S/C18H16Cl2N2O3/c1-22(2)13-6-3-11(4-7-13)9-16(18(24)25)21-17(23)14-8-5-12(19)10-15(14)20/h3-10H,1-2H3,(H,21,23)(H,24,25)/b16-9-. The monoisotopic (exact) mass is 378 g/mol. The molecule has 0 aliphatic heterocycles. The zero-order valence-electron chi connectivity index (χ0n) is 13.6. The van der Waals surface area contributed by atoms with Crippen LogP contribution in [0.4, 0.5) is 5.69 Å². The molecule has 5 nitrogen and oxygen atoms in total. The van der Waals surface area contributed by atoms with Crippen molar-refractivity contribution in [2.45, 2.75) is 0 Å². The van der Waals surface area contributed by atoms with Crippen LogP contribution >= 0.6 is 23.2 Å². The Balaban J connectivity index is 2.25. The molecule has 2 N–H and O–H groups in total. The fourth-order valence-electron chi connectivity index (χ4n) is 2.05. The summed E-state index contributed by atoms with van der Waals surface area (Å²) in [5.41, 5.74) is 1.51. The van der Waals surface area contributed by atoms with Gasteiger partial charge in [-0.25, -0.2) is 4.79 Å². The first-order chi connectivity index (χ1) is 11.8. The number of carboxylic acids is 1. The number of benzene rings is 2. The summed E-state index contributed by atoms with van der Waals surface area (Å²) in [6.45, 7) is 0. The Labute approximate surface area is 155 Å². The molecule has 0 saturated heterocycles. The maximum atomic E-state index is 12.3. The van der Waals surface area contributed by atoms with Gasteiger partial charge in [-0.2, -0.15) is 0 Å². The van der Waals surface area contributed by atoms with E-state index in [2.05, 4.69) is 5.32 Å². The first kappa shape index (κ1) is 18.8. The Hall–Kier alpha value is -2.50. The molecule has 0 aromatic heterocycles. The predicted octanol–water partition coefficient (Wildman–Crippen LogP) is 3.91. The highest BCUT2D eigenvalue weighted by Crippen LogP contribution is 2.21. The topological polar surface area (TPSA) is 69.6 Å². The highest BCUT2D eigenvalue weighted by Gasteiger charge is 2.16. The largest absolute Gasteiger partial charge is 0.477 e. The van der Waals surface area contributed by atoms with E-state index in [9.17, 15) is 14.7 Å². The van der Waals surface area contributed by atoms with Crippen LogP contribution in [-0.2, 0) is 4.79 Å². The molecule has 2 aromatic rings. The van der Waals surface area contributed by atoms with Crippen molar-refractivity contribution in [1.82, 2.24) is 5.32 Å². The molecule has 0 bridgehead atoms. The van der Waals surface area contributed by atoms with E-state index in [4.69, 9.17) is 23.2 Å². The van der Waals surface area contributed by atoms with Crippen LogP contribution in [0.15, 0.2) is 48.2 Å². The SMILES string of the molecule is CN(C)c1ccc(/C=C(\NC(=O)c2ccc(Cl)cc2Cl)C(=O)O)cc1. The molecular weight excluding hydrogens is 363 g/mol. The summed E-state index contributed by atoms with van der Waals surface area (Å²) in [4.78, 5) is 25.6. The number of nitrogens with one attached hydrogen (secondary N) is 1. The van der Waals surface area contributed by atoms with Gasteiger partial charge < -0.3 is 15.3 Å². The molecule has 7 heteroatoms. The fourth-order valence-corrected chi connectivity index (χ4v) is 2.54. The van der Waals surface area contributed by atoms with Gasteiger partial charge in [-0.1, -0.05) is 35.3 Å². The van der Waals surface area contributed by atoms with E-state index in [1.54, 1.807) is 12.1 Å². The number of hydrogen-bond acceptors (Lipinski definition) is 3. The van der Waals surface area contributed by atoms with Crippen LogP contribution in [0.3, 0.4) is 0 Å². The molecule has 2 aromatic carbocycles. The van der Waals surface area contributed by atoms with Gasteiger partial charge in [0.1, 0.15) is 5.70 Å². The third kappa shape index (κ3) is 4.98. The minimum absolute atomic E-state index is 0.140. The van der Waals surface area contributed by atoms with Gasteiger partial charge in [-0.05, 0) is 42.0 Å². The molecule has 0 spiro atoms. The Bertz CT molecular complexity index is 831. The van der Waals surface area contributed by atoms with Crippen LogP contribution in [0.25, 0.3) is 6.08 Å². The molecule has 0 fully saturated rings. The molecule has 0 aliphatic rings. The van der Waals surface area contributed by atoms with E-state index >= 15 is 0 Å². The summed E-state index contributed by atoms with van der Waals surface area (Å²) in [6, 6.07) is 11.6. The summed E-state index contributed by atoms with van der Waals surface area (Å²) in [5, 5.41) is 12.2. The third-order valence-corrected chi connectivity index (χ3v) is 3.92. The summed E-state index contributed by atoms with van der Waals surface area (Å²) in [7, 11) is 3.81. The smallest absolute Gasteiger partial charge is 0.352 e. The van der Waals surface area contributed by atoms with E-state index in [0.29, 0.717) is 10.6 Å². The Morgan fingerprint density at radius 3 is 2.24 bits per heavy atom. The second-order valence-electron chi connectivity index (χ2n) is 5.43. The van der Waals surface area contributed by atoms with E-state index in [1.165, 1.54) is 24.3 Å². The Kier molecular flexibility index (Phi) is 6.07. The summed E-state index contributed by atoms with van der Waals surface area (Å²) >= 11 is 11.8. The van der Waals surface area contributed by atoms with E-state index in [0.717, 1.165) is 5.69 Å². The minimum atomic E-state index is -1.25. The van der Waals surface area contributed by atoms with Crippen molar-refractivity contribution in [3.63, 3.8) is 0 Å². The first-order valence-electron chi connectivity index (χ1n) is 7.26. The summed E-state index contributed by atoms with van der Waals surface area (Å²) < 4.78 is 0. The van der Waals surface area contributed by atoms with Crippen molar-refractivity contribution >= 4 is 46.8 Å². The van der Waals surface area contributed by atoms with Crippen LogP contribution in [0.1, 0.15) is 15.9 Å². The maximum Gasteiger partial charge on any atom is 0.352 e. The number of halogens is 2. The molecule has 0 radical (unpaired) electrons. The van der Waals surface area contributed by atoms with Crippen molar-refractivity contribution in [1.29, 1.82) is 0 Å². The number of hydrogen-bond donors (Lipinski definition) is 2. The number of aliphatic carboxylic acids is 1. The molecule has 1 amide bonds. The molecule has 0 saturated carbocycles. The van der Waals surface area contributed by atoms with E-state index in [1.807, 2.05) is 31.1 Å². The average molecular weight is 379 g/mol. The van der Waals surface area contributed by atoms with Gasteiger partial charge in [0.2, 0.25) is 0 Å². The predicted molar refractivity (Wildman–Crippen MR) is 100 cm³/mol. The van der Waals surface area contributed by atoms with Crippen LogP contribution in [-0.4, -0.2) is 31.1 Å². The van der Waals surface area contributed by atoms with Gasteiger partial charge >= 0.3 is 5.97 Å². The van der Waals surface area contributed by atoms with Crippen molar-refractivity contribution in [3.8, 4) is 0 Å². The lowest BCUT2D eigenvalue weighted by atomic mass is 10.1. The number of carbonyl (C=O) groups is 2. The molecule has 0 heterocycles. The lowest BCUT2D eigenvalue weighted by molar-refractivity contribution is -0.132. The highest BCUT2D eigenvalue weighted by molar-refractivity contribution is 6.36.